The van der Waals surface area contributed by atoms with E-state index in [-0.39, 0.29) is 11.8 Å². The molecule has 0 atom stereocenters. The van der Waals surface area contributed by atoms with Gasteiger partial charge in [0.15, 0.2) is 0 Å². The Morgan fingerprint density at radius 3 is 2.26 bits per heavy atom. The molecule has 0 bridgehead atoms. The maximum atomic E-state index is 12.5. The number of pyridine rings is 1. The number of carbonyl (C=O) groups excluding carboxylic acids is 2. The van der Waals surface area contributed by atoms with Crippen molar-refractivity contribution in [2.24, 2.45) is 0 Å². The summed E-state index contributed by atoms with van der Waals surface area (Å²) in [5.41, 5.74) is 4.56. The first-order chi connectivity index (χ1) is 13.0. The number of carbonyl (C=O) groups is 2. The van der Waals surface area contributed by atoms with Gasteiger partial charge in [-0.2, -0.15) is 0 Å². The van der Waals surface area contributed by atoms with Crippen LogP contribution in [-0.4, -0.2) is 16.8 Å². The standard InChI is InChI=1S/C22H21N3O2/c1-15-7-9-17(10-8-15)12-24-21(26)18-11-19(14-23-13-18)22(27)25-20-6-4-3-5-16(20)2/h3-11,13-14H,12H2,1-2H3,(H,24,26)(H,25,27). The number of para-hydroxylation sites is 1. The highest BCUT2D eigenvalue weighted by atomic mass is 16.2. The fraction of sp³-hybridized carbons (Fsp3) is 0.136. The molecule has 2 amide bonds. The van der Waals surface area contributed by atoms with Gasteiger partial charge in [-0.1, -0.05) is 48.0 Å². The average molecular weight is 359 g/mol. The van der Waals surface area contributed by atoms with E-state index in [1.54, 1.807) is 6.07 Å². The van der Waals surface area contributed by atoms with Crippen LogP contribution in [0.15, 0.2) is 67.0 Å². The smallest absolute Gasteiger partial charge is 0.257 e. The van der Waals surface area contributed by atoms with Crippen LogP contribution in [-0.2, 0) is 6.54 Å². The van der Waals surface area contributed by atoms with Gasteiger partial charge in [0.25, 0.3) is 11.8 Å². The highest BCUT2D eigenvalue weighted by molar-refractivity contribution is 6.06. The van der Waals surface area contributed by atoms with Gasteiger partial charge in [0, 0.05) is 24.6 Å². The Kier molecular flexibility index (Phi) is 5.61. The molecule has 0 unspecified atom stereocenters. The lowest BCUT2D eigenvalue weighted by Crippen LogP contribution is -2.23. The molecule has 1 aromatic heterocycles. The third kappa shape index (κ3) is 4.79. The van der Waals surface area contributed by atoms with E-state index in [4.69, 9.17) is 0 Å². The first kappa shape index (κ1) is 18.3. The minimum Gasteiger partial charge on any atom is -0.348 e. The number of rotatable bonds is 5. The van der Waals surface area contributed by atoms with Crippen LogP contribution in [0, 0.1) is 13.8 Å². The fourth-order valence-corrected chi connectivity index (χ4v) is 2.59. The lowest BCUT2D eigenvalue weighted by Gasteiger charge is -2.09. The Hall–Kier alpha value is -3.47. The molecule has 5 nitrogen and oxygen atoms in total. The number of hydrogen-bond donors (Lipinski definition) is 2. The Morgan fingerprint density at radius 2 is 1.56 bits per heavy atom. The van der Waals surface area contributed by atoms with Gasteiger partial charge in [0.05, 0.1) is 11.1 Å². The molecule has 0 saturated carbocycles. The molecule has 5 heteroatoms. The minimum absolute atomic E-state index is 0.270. The average Bonchev–Trinajstić information content (AvgIpc) is 2.69. The SMILES string of the molecule is Cc1ccc(CNC(=O)c2cncc(C(=O)Nc3ccccc3C)c2)cc1. The summed E-state index contributed by atoms with van der Waals surface area (Å²) in [6.45, 7) is 4.35. The molecule has 0 spiro atoms. The fourth-order valence-electron chi connectivity index (χ4n) is 2.59. The topological polar surface area (TPSA) is 71.1 Å². The maximum absolute atomic E-state index is 12.5. The normalized spacial score (nSPS) is 10.3. The van der Waals surface area contributed by atoms with Gasteiger partial charge in [0.1, 0.15) is 0 Å². The van der Waals surface area contributed by atoms with E-state index in [0.717, 1.165) is 16.8 Å². The predicted octanol–water partition coefficient (Wildman–Crippen LogP) is 3.88. The summed E-state index contributed by atoms with van der Waals surface area (Å²) in [5, 5.41) is 5.69. The van der Waals surface area contributed by atoms with Crippen LogP contribution < -0.4 is 10.6 Å². The zero-order valence-electron chi connectivity index (χ0n) is 15.3. The van der Waals surface area contributed by atoms with E-state index in [1.165, 1.54) is 18.0 Å². The van der Waals surface area contributed by atoms with Gasteiger partial charge in [0.2, 0.25) is 0 Å². The molecule has 2 N–H and O–H groups in total. The van der Waals surface area contributed by atoms with Crippen molar-refractivity contribution in [1.29, 1.82) is 0 Å². The van der Waals surface area contributed by atoms with E-state index in [2.05, 4.69) is 15.6 Å². The number of anilines is 1. The van der Waals surface area contributed by atoms with Gasteiger partial charge < -0.3 is 10.6 Å². The summed E-state index contributed by atoms with van der Waals surface area (Å²) in [6, 6.07) is 17.0. The van der Waals surface area contributed by atoms with Crippen molar-refractivity contribution in [3.63, 3.8) is 0 Å². The van der Waals surface area contributed by atoms with Crippen molar-refractivity contribution in [2.75, 3.05) is 5.32 Å². The van der Waals surface area contributed by atoms with Crippen molar-refractivity contribution in [1.82, 2.24) is 10.3 Å². The predicted molar refractivity (Wildman–Crippen MR) is 106 cm³/mol. The van der Waals surface area contributed by atoms with Crippen molar-refractivity contribution in [3.8, 4) is 0 Å². The van der Waals surface area contributed by atoms with Gasteiger partial charge >= 0.3 is 0 Å². The molecule has 0 aliphatic heterocycles. The first-order valence-electron chi connectivity index (χ1n) is 8.69. The van der Waals surface area contributed by atoms with Crippen LogP contribution in [0.1, 0.15) is 37.4 Å². The Balaban J connectivity index is 1.67. The number of nitrogens with zero attached hydrogens (tertiary/aromatic N) is 1. The van der Waals surface area contributed by atoms with Crippen molar-refractivity contribution >= 4 is 17.5 Å². The van der Waals surface area contributed by atoms with E-state index in [0.29, 0.717) is 17.7 Å². The molecule has 3 aromatic rings. The van der Waals surface area contributed by atoms with Crippen molar-refractivity contribution in [2.45, 2.75) is 20.4 Å². The molecular weight excluding hydrogens is 338 g/mol. The van der Waals surface area contributed by atoms with Crippen LogP contribution in [0.4, 0.5) is 5.69 Å². The molecule has 0 fully saturated rings. The summed E-state index contributed by atoms with van der Waals surface area (Å²) in [4.78, 5) is 28.9. The molecule has 0 radical (unpaired) electrons. The van der Waals surface area contributed by atoms with Crippen LogP contribution in [0.3, 0.4) is 0 Å². The van der Waals surface area contributed by atoms with Crippen LogP contribution in [0.5, 0.6) is 0 Å². The quantitative estimate of drug-likeness (QED) is 0.726. The molecule has 3 rings (SSSR count). The molecule has 0 aliphatic carbocycles. The van der Waals surface area contributed by atoms with Crippen LogP contribution in [0.2, 0.25) is 0 Å². The van der Waals surface area contributed by atoms with Crippen LogP contribution in [0.25, 0.3) is 0 Å². The number of nitrogens with one attached hydrogen (secondary N) is 2. The third-order valence-electron chi connectivity index (χ3n) is 4.23. The number of aromatic nitrogens is 1. The monoisotopic (exact) mass is 359 g/mol. The summed E-state index contributed by atoms with van der Waals surface area (Å²) >= 11 is 0. The summed E-state index contributed by atoms with van der Waals surface area (Å²) < 4.78 is 0. The van der Waals surface area contributed by atoms with E-state index >= 15 is 0 Å². The van der Waals surface area contributed by atoms with Gasteiger partial charge in [-0.3, -0.25) is 14.6 Å². The second kappa shape index (κ2) is 8.27. The van der Waals surface area contributed by atoms with E-state index in [9.17, 15) is 9.59 Å². The first-order valence-corrected chi connectivity index (χ1v) is 8.69. The highest BCUT2D eigenvalue weighted by Crippen LogP contribution is 2.15. The molecule has 0 saturated heterocycles. The zero-order chi connectivity index (χ0) is 19.2. The maximum Gasteiger partial charge on any atom is 0.257 e. The van der Waals surface area contributed by atoms with Crippen LogP contribution >= 0.6 is 0 Å². The number of aryl methyl sites for hydroxylation is 2. The highest BCUT2D eigenvalue weighted by Gasteiger charge is 2.12. The summed E-state index contributed by atoms with van der Waals surface area (Å²) in [5.74, 6) is -0.571. The molecule has 27 heavy (non-hydrogen) atoms. The largest absolute Gasteiger partial charge is 0.348 e. The molecule has 136 valence electrons. The Morgan fingerprint density at radius 1 is 0.889 bits per heavy atom. The molecule has 1 heterocycles. The lowest BCUT2D eigenvalue weighted by molar-refractivity contribution is 0.0950. The van der Waals surface area contributed by atoms with E-state index in [1.807, 2.05) is 62.4 Å². The number of amides is 2. The number of benzene rings is 2. The Labute approximate surface area is 158 Å². The second-order valence-electron chi connectivity index (χ2n) is 6.40. The number of hydrogen-bond acceptors (Lipinski definition) is 3. The lowest BCUT2D eigenvalue weighted by atomic mass is 10.1. The van der Waals surface area contributed by atoms with Gasteiger partial charge in [-0.05, 0) is 37.1 Å². The van der Waals surface area contributed by atoms with Crippen molar-refractivity contribution < 1.29 is 9.59 Å². The zero-order valence-corrected chi connectivity index (χ0v) is 15.3. The van der Waals surface area contributed by atoms with Crippen molar-refractivity contribution in [3.05, 3.63) is 94.8 Å². The third-order valence-corrected chi connectivity index (χ3v) is 4.23. The molecule has 2 aromatic carbocycles. The summed E-state index contributed by atoms with van der Waals surface area (Å²) in [6.07, 6.45) is 2.90. The minimum atomic E-state index is -0.301. The molecular formula is C22H21N3O2. The van der Waals surface area contributed by atoms with Gasteiger partial charge in [-0.15, -0.1) is 0 Å². The van der Waals surface area contributed by atoms with Gasteiger partial charge in [-0.25, -0.2) is 0 Å². The Bertz CT molecular complexity index is 965. The van der Waals surface area contributed by atoms with E-state index < -0.39 is 0 Å². The summed E-state index contributed by atoms with van der Waals surface area (Å²) in [7, 11) is 0. The molecule has 0 aliphatic rings. The second-order valence-corrected chi connectivity index (χ2v) is 6.40.